The van der Waals surface area contributed by atoms with Crippen molar-refractivity contribution in [2.75, 3.05) is 46.4 Å². The molecule has 1 fully saturated rings. The van der Waals surface area contributed by atoms with Gasteiger partial charge in [-0.3, -0.25) is 0 Å². The van der Waals surface area contributed by atoms with Crippen molar-refractivity contribution in [3.05, 3.63) is 0 Å². The summed E-state index contributed by atoms with van der Waals surface area (Å²) < 4.78 is 0. The van der Waals surface area contributed by atoms with Gasteiger partial charge in [0.2, 0.25) is 0 Å². The molecule has 0 saturated carbocycles. The zero-order chi connectivity index (χ0) is 13.4. The maximum Gasteiger partial charge on any atom is 0.0446 e. The van der Waals surface area contributed by atoms with Crippen molar-refractivity contribution in [3.8, 4) is 0 Å². The normalized spacial score (nSPS) is 20.5. The van der Waals surface area contributed by atoms with Crippen LogP contribution in [0.3, 0.4) is 0 Å². The van der Waals surface area contributed by atoms with E-state index in [1.54, 1.807) is 0 Å². The van der Waals surface area contributed by atoms with Gasteiger partial charge in [-0.25, -0.2) is 0 Å². The Morgan fingerprint density at radius 2 is 2.00 bits per heavy atom. The first-order chi connectivity index (χ1) is 8.71. The molecule has 4 heteroatoms. The fraction of sp³-hybridized carbons (Fsp3) is 1.00. The molecule has 18 heavy (non-hydrogen) atoms. The molecule has 1 atom stereocenters. The molecule has 4 nitrogen and oxygen atoms in total. The Labute approximate surface area is 112 Å². The predicted molar refractivity (Wildman–Crippen MR) is 76.9 cm³/mol. The molecule has 0 radical (unpaired) electrons. The Morgan fingerprint density at radius 1 is 1.33 bits per heavy atom. The molecule has 1 unspecified atom stereocenters. The average Bonchev–Trinajstić information content (AvgIpc) is 2.39. The zero-order valence-corrected chi connectivity index (χ0v) is 12.4. The quantitative estimate of drug-likeness (QED) is 0.673. The van der Waals surface area contributed by atoms with Crippen LogP contribution in [-0.4, -0.2) is 73.4 Å². The van der Waals surface area contributed by atoms with Gasteiger partial charge >= 0.3 is 0 Å². The van der Waals surface area contributed by atoms with Crippen LogP contribution in [0.25, 0.3) is 0 Å². The second kappa shape index (κ2) is 8.86. The van der Waals surface area contributed by atoms with Crippen LogP contribution in [0.1, 0.15) is 33.1 Å². The Bertz CT molecular complexity index is 199. The van der Waals surface area contributed by atoms with Gasteiger partial charge in [0.25, 0.3) is 0 Å². The Hall–Kier alpha value is -0.160. The minimum absolute atomic E-state index is 0.278. The maximum absolute atomic E-state index is 9.09. The molecular weight excluding hydrogens is 226 g/mol. The lowest BCUT2D eigenvalue weighted by Gasteiger charge is -2.37. The summed E-state index contributed by atoms with van der Waals surface area (Å²) >= 11 is 0. The van der Waals surface area contributed by atoms with Crippen LogP contribution < -0.4 is 5.32 Å². The Morgan fingerprint density at radius 3 is 2.50 bits per heavy atom. The molecule has 0 aromatic carbocycles. The third-order valence-corrected chi connectivity index (χ3v) is 4.11. The molecule has 0 spiro atoms. The summed E-state index contributed by atoms with van der Waals surface area (Å²) in [6, 6.07) is 1.14. The van der Waals surface area contributed by atoms with E-state index in [2.05, 4.69) is 36.0 Å². The summed E-state index contributed by atoms with van der Waals surface area (Å²) in [6.07, 6.45) is 3.41. The highest BCUT2D eigenvalue weighted by molar-refractivity contribution is 4.80. The standard InChI is InChI=1S/C14H31N3O/c1-4-15-13(8-11-18)12-16(3)14-6-9-17(5-2)10-7-14/h13-15,18H,4-12H2,1-3H3. The van der Waals surface area contributed by atoms with Gasteiger partial charge in [0.05, 0.1) is 0 Å². The highest BCUT2D eigenvalue weighted by Crippen LogP contribution is 2.15. The monoisotopic (exact) mass is 257 g/mol. The first-order valence-corrected chi connectivity index (χ1v) is 7.48. The SMILES string of the molecule is CCNC(CCO)CN(C)C1CCN(CC)CC1. The van der Waals surface area contributed by atoms with Crippen molar-refractivity contribution in [2.45, 2.75) is 45.2 Å². The topological polar surface area (TPSA) is 38.7 Å². The van der Waals surface area contributed by atoms with Gasteiger partial charge in [-0.05, 0) is 52.5 Å². The number of nitrogens with one attached hydrogen (secondary N) is 1. The summed E-state index contributed by atoms with van der Waals surface area (Å²) in [5, 5.41) is 12.5. The van der Waals surface area contributed by atoms with Crippen molar-refractivity contribution in [1.82, 2.24) is 15.1 Å². The van der Waals surface area contributed by atoms with Crippen molar-refractivity contribution in [3.63, 3.8) is 0 Å². The molecule has 0 aromatic rings. The zero-order valence-electron chi connectivity index (χ0n) is 12.4. The molecule has 0 amide bonds. The van der Waals surface area contributed by atoms with E-state index in [1.165, 1.54) is 32.5 Å². The number of likely N-dealkylation sites (N-methyl/N-ethyl adjacent to an activating group) is 2. The van der Waals surface area contributed by atoms with Crippen LogP contribution in [0, 0.1) is 0 Å². The first-order valence-electron chi connectivity index (χ1n) is 7.48. The van der Waals surface area contributed by atoms with Crippen LogP contribution >= 0.6 is 0 Å². The van der Waals surface area contributed by atoms with Crippen LogP contribution in [0.2, 0.25) is 0 Å². The van der Waals surface area contributed by atoms with Gasteiger partial charge in [0.1, 0.15) is 0 Å². The lowest BCUT2D eigenvalue weighted by Crippen LogP contribution is -2.48. The Kier molecular flexibility index (Phi) is 7.82. The summed E-state index contributed by atoms with van der Waals surface area (Å²) in [5.41, 5.74) is 0. The fourth-order valence-electron chi connectivity index (χ4n) is 2.88. The third-order valence-electron chi connectivity index (χ3n) is 4.11. The van der Waals surface area contributed by atoms with Gasteiger partial charge in [-0.1, -0.05) is 13.8 Å². The minimum atomic E-state index is 0.278. The van der Waals surface area contributed by atoms with Crippen molar-refractivity contribution < 1.29 is 5.11 Å². The van der Waals surface area contributed by atoms with Crippen molar-refractivity contribution >= 4 is 0 Å². The summed E-state index contributed by atoms with van der Waals surface area (Å²) in [4.78, 5) is 5.01. The molecule has 108 valence electrons. The smallest absolute Gasteiger partial charge is 0.0446 e. The lowest BCUT2D eigenvalue weighted by atomic mass is 10.0. The maximum atomic E-state index is 9.09. The number of piperidine rings is 1. The Balaban J connectivity index is 2.32. The number of aliphatic hydroxyl groups excluding tert-OH is 1. The summed E-state index contributed by atoms with van der Waals surface area (Å²) in [7, 11) is 2.23. The van der Waals surface area contributed by atoms with Gasteiger partial charge in [0, 0.05) is 25.2 Å². The van der Waals surface area contributed by atoms with Gasteiger partial charge in [-0.2, -0.15) is 0 Å². The van der Waals surface area contributed by atoms with Crippen molar-refractivity contribution in [2.24, 2.45) is 0 Å². The van der Waals surface area contributed by atoms with Crippen LogP contribution in [0.15, 0.2) is 0 Å². The molecule has 0 aliphatic carbocycles. The fourth-order valence-corrected chi connectivity index (χ4v) is 2.88. The first kappa shape index (κ1) is 15.9. The number of likely N-dealkylation sites (tertiary alicyclic amines) is 1. The van der Waals surface area contributed by atoms with E-state index in [9.17, 15) is 0 Å². The van der Waals surface area contributed by atoms with E-state index in [4.69, 9.17) is 5.11 Å². The second-order valence-electron chi connectivity index (χ2n) is 5.37. The van der Waals surface area contributed by atoms with Gasteiger partial charge < -0.3 is 20.2 Å². The molecule has 2 N–H and O–H groups in total. The molecule has 0 bridgehead atoms. The second-order valence-corrected chi connectivity index (χ2v) is 5.37. The number of nitrogens with zero attached hydrogens (tertiary/aromatic N) is 2. The molecule has 1 rings (SSSR count). The highest BCUT2D eigenvalue weighted by atomic mass is 16.3. The van der Waals surface area contributed by atoms with Crippen LogP contribution in [-0.2, 0) is 0 Å². The molecule has 0 aromatic heterocycles. The number of rotatable bonds is 8. The van der Waals surface area contributed by atoms with Crippen molar-refractivity contribution in [1.29, 1.82) is 0 Å². The van der Waals surface area contributed by atoms with Gasteiger partial charge in [0.15, 0.2) is 0 Å². The third kappa shape index (κ3) is 5.22. The predicted octanol–water partition coefficient (Wildman–Crippen LogP) is 0.763. The molecular formula is C14H31N3O. The van der Waals surface area contributed by atoms with E-state index in [-0.39, 0.29) is 6.61 Å². The summed E-state index contributed by atoms with van der Waals surface area (Å²) in [6.45, 7) is 10.3. The summed E-state index contributed by atoms with van der Waals surface area (Å²) in [5.74, 6) is 0. The molecule has 1 aliphatic heterocycles. The molecule has 1 saturated heterocycles. The average molecular weight is 257 g/mol. The van der Waals surface area contributed by atoms with Crippen LogP contribution in [0.4, 0.5) is 0 Å². The van der Waals surface area contributed by atoms with E-state index in [0.717, 1.165) is 19.5 Å². The molecule has 1 aliphatic rings. The van der Waals surface area contributed by atoms with Crippen LogP contribution in [0.5, 0.6) is 0 Å². The molecule has 1 heterocycles. The van der Waals surface area contributed by atoms with E-state index in [0.29, 0.717) is 12.1 Å². The number of aliphatic hydroxyl groups is 1. The van der Waals surface area contributed by atoms with E-state index in [1.807, 2.05) is 0 Å². The lowest BCUT2D eigenvalue weighted by molar-refractivity contribution is 0.119. The van der Waals surface area contributed by atoms with E-state index >= 15 is 0 Å². The largest absolute Gasteiger partial charge is 0.396 e. The minimum Gasteiger partial charge on any atom is -0.396 e. The number of hydrogen-bond donors (Lipinski definition) is 2. The number of hydrogen-bond acceptors (Lipinski definition) is 4. The highest BCUT2D eigenvalue weighted by Gasteiger charge is 2.23. The van der Waals surface area contributed by atoms with Gasteiger partial charge in [-0.15, -0.1) is 0 Å². The van der Waals surface area contributed by atoms with E-state index < -0.39 is 0 Å².